The van der Waals surface area contributed by atoms with Crippen LogP contribution < -0.4 is 16.0 Å². The summed E-state index contributed by atoms with van der Waals surface area (Å²) in [6.45, 7) is 0.263. The van der Waals surface area contributed by atoms with E-state index >= 15 is 0 Å². The Balaban J connectivity index is 1.58. The van der Waals surface area contributed by atoms with E-state index in [9.17, 15) is 9.59 Å². The second-order valence-electron chi connectivity index (χ2n) is 5.60. The van der Waals surface area contributed by atoms with Crippen LogP contribution in [0, 0.1) is 0 Å². The van der Waals surface area contributed by atoms with Crippen LogP contribution in [0.15, 0.2) is 76.0 Å². The van der Waals surface area contributed by atoms with Gasteiger partial charge >= 0.3 is 0 Å². The molecule has 0 aliphatic carbocycles. The second kappa shape index (κ2) is 9.33. The topological polar surface area (TPSA) is 96.5 Å². The number of anilines is 1. The van der Waals surface area contributed by atoms with Gasteiger partial charge in [0.1, 0.15) is 11.5 Å². The molecule has 28 heavy (non-hydrogen) atoms. The van der Waals surface area contributed by atoms with E-state index in [-0.39, 0.29) is 17.6 Å². The SMILES string of the molecule is O=C(/C=C/c1ccco1)NC(=S)Nc1ccccc1C(=O)NCc1ccco1. The van der Waals surface area contributed by atoms with E-state index in [1.54, 1.807) is 54.8 Å². The Bertz CT molecular complexity index is 979. The van der Waals surface area contributed by atoms with Crippen molar-refractivity contribution in [3.63, 3.8) is 0 Å². The fourth-order valence-corrected chi connectivity index (χ4v) is 2.53. The predicted molar refractivity (Wildman–Crippen MR) is 108 cm³/mol. The molecule has 7 nitrogen and oxygen atoms in total. The minimum Gasteiger partial charge on any atom is -0.467 e. The first-order valence-corrected chi connectivity index (χ1v) is 8.76. The number of benzene rings is 1. The normalized spacial score (nSPS) is 10.6. The number of furan rings is 2. The first kappa shape index (κ1) is 19.1. The average Bonchev–Trinajstić information content (AvgIpc) is 3.38. The second-order valence-corrected chi connectivity index (χ2v) is 6.01. The molecule has 1 aromatic carbocycles. The molecular formula is C20H17N3O4S. The van der Waals surface area contributed by atoms with Crippen LogP contribution in [0.4, 0.5) is 5.69 Å². The summed E-state index contributed by atoms with van der Waals surface area (Å²) in [4.78, 5) is 24.4. The van der Waals surface area contributed by atoms with Gasteiger partial charge in [0.2, 0.25) is 5.91 Å². The molecule has 0 bridgehead atoms. The smallest absolute Gasteiger partial charge is 0.253 e. The molecule has 3 aromatic rings. The van der Waals surface area contributed by atoms with Gasteiger partial charge in [0.05, 0.1) is 30.3 Å². The molecule has 0 radical (unpaired) electrons. The Morgan fingerprint density at radius 3 is 2.54 bits per heavy atom. The highest BCUT2D eigenvalue weighted by atomic mass is 32.1. The third kappa shape index (κ3) is 5.42. The van der Waals surface area contributed by atoms with Crippen molar-refractivity contribution in [1.82, 2.24) is 10.6 Å². The number of thiocarbonyl (C=S) groups is 1. The summed E-state index contributed by atoms with van der Waals surface area (Å²) in [5.74, 6) is 0.470. The van der Waals surface area contributed by atoms with E-state index in [1.165, 1.54) is 18.4 Å². The molecule has 0 spiro atoms. The maximum atomic E-state index is 12.5. The number of carbonyl (C=O) groups is 2. The molecule has 0 unspecified atom stereocenters. The largest absolute Gasteiger partial charge is 0.467 e. The molecule has 0 atom stereocenters. The Hall–Kier alpha value is -3.65. The van der Waals surface area contributed by atoms with Crippen LogP contribution in [-0.2, 0) is 11.3 Å². The molecule has 8 heteroatoms. The van der Waals surface area contributed by atoms with Crippen molar-refractivity contribution in [2.24, 2.45) is 0 Å². The summed E-state index contributed by atoms with van der Waals surface area (Å²) in [6, 6.07) is 13.8. The van der Waals surface area contributed by atoms with Crippen molar-refractivity contribution in [3.8, 4) is 0 Å². The van der Waals surface area contributed by atoms with Crippen molar-refractivity contribution >= 4 is 40.9 Å². The van der Waals surface area contributed by atoms with E-state index in [2.05, 4.69) is 16.0 Å². The maximum absolute atomic E-state index is 12.5. The minimum absolute atomic E-state index is 0.0698. The highest BCUT2D eigenvalue weighted by molar-refractivity contribution is 7.80. The lowest BCUT2D eigenvalue weighted by Gasteiger charge is -2.12. The van der Waals surface area contributed by atoms with E-state index in [0.717, 1.165) is 0 Å². The Morgan fingerprint density at radius 2 is 1.79 bits per heavy atom. The molecule has 142 valence electrons. The molecule has 0 saturated heterocycles. The quantitative estimate of drug-likeness (QED) is 0.438. The number of rotatable bonds is 6. The van der Waals surface area contributed by atoms with Crippen LogP contribution in [0.25, 0.3) is 6.08 Å². The summed E-state index contributed by atoms with van der Waals surface area (Å²) in [5.41, 5.74) is 0.858. The van der Waals surface area contributed by atoms with Gasteiger partial charge in [-0.25, -0.2) is 0 Å². The average molecular weight is 395 g/mol. The maximum Gasteiger partial charge on any atom is 0.253 e. The van der Waals surface area contributed by atoms with Crippen LogP contribution in [0.5, 0.6) is 0 Å². The Kier molecular flexibility index (Phi) is 6.37. The number of nitrogens with one attached hydrogen (secondary N) is 3. The van der Waals surface area contributed by atoms with Crippen molar-refractivity contribution in [1.29, 1.82) is 0 Å². The van der Waals surface area contributed by atoms with Gasteiger partial charge in [0.15, 0.2) is 5.11 Å². The first-order valence-electron chi connectivity index (χ1n) is 8.35. The van der Waals surface area contributed by atoms with Crippen molar-refractivity contribution in [2.45, 2.75) is 6.54 Å². The molecule has 3 rings (SSSR count). The van der Waals surface area contributed by atoms with Crippen molar-refractivity contribution < 1.29 is 18.4 Å². The molecule has 2 aromatic heterocycles. The zero-order chi connectivity index (χ0) is 19.8. The van der Waals surface area contributed by atoms with Crippen LogP contribution in [0.1, 0.15) is 21.9 Å². The lowest BCUT2D eigenvalue weighted by molar-refractivity contribution is -0.115. The van der Waals surface area contributed by atoms with Crippen LogP contribution in [-0.4, -0.2) is 16.9 Å². The van der Waals surface area contributed by atoms with Gasteiger partial charge in [-0.05, 0) is 54.7 Å². The van der Waals surface area contributed by atoms with Gasteiger partial charge < -0.3 is 19.5 Å². The van der Waals surface area contributed by atoms with Gasteiger partial charge in [0, 0.05) is 6.08 Å². The standard InChI is InChI=1S/C20H17N3O4S/c24-18(10-9-14-5-3-11-26-14)23-20(28)22-17-8-2-1-7-16(17)19(25)21-13-15-6-4-12-27-15/h1-12H,13H2,(H,21,25)(H2,22,23,24,28)/b10-9+. The van der Waals surface area contributed by atoms with Crippen molar-refractivity contribution in [3.05, 3.63) is 84.2 Å². The van der Waals surface area contributed by atoms with Crippen molar-refractivity contribution in [2.75, 3.05) is 5.32 Å². The predicted octanol–water partition coefficient (Wildman–Crippen LogP) is 3.33. The zero-order valence-corrected chi connectivity index (χ0v) is 15.5. The van der Waals surface area contributed by atoms with Gasteiger partial charge in [-0.2, -0.15) is 0 Å². The highest BCUT2D eigenvalue weighted by Gasteiger charge is 2.12. The molecule has 0 saturated carbocycles. The summed E-state index contributed by atoms with van der Waals surface area (Å²) in [5, 5.41) is 8.22. The van der Waals surface area contributed by atoms with Crippen LogP contribution in [0.2, 0.25) is 0 Å². The van der Waals surface area contributed by atoms with Gasteiger partial charge in [-0.15, -0.1) is 0 Å². The fourth-order valence-electron chi connectivity index (χ4n) is 2.32. The van der Waals surface area contributed by atoms with Gasteiger partial charge in [0.25, 0.3) is 5.91 Å². The molecule has 2 heterocycles. The summed E-state index contributed by atoms with van der Waals surface area (Å²) in [6.07, 6.45) is 5.87. The number of hydrogen-bond acceptors (Lipinski definition) is 5. The lowest BCUT2D eigenvalue weighted by Crippen LogP contribution is -2.33. The molecule has 0 aliphatic heterocycles. The molecule has 3 N–H and O–H groups in total. The third-order valence-electron chi connectivity index (χ3n) is 3.60. The molecular weight excluding hydrogens is 378 g/mol. The number of hydrogen-bond donors (Lipinski definition) is 3. The van der Waals surface area contributed by atoms with Crippen LogP contribution in [0.3, 0.4) is 0 Å². The first-order chi connectivity index (χ1) is 13.6. The monoisotopic (exact) mass is 395 g/mol. The van der Waals surface area contributed by atoms with E-state index in [4.69, 9.17) is 21.1 Å². The third-order valence-corrected chi connectivity index (χ3v) is 3.81. The highest BCUT2D eigenvalue weighted by Crippen LogP contribution is 2.15. The van der Waals surface area contributed by atoms with Gasteiger partial charge in [-0.1, -0.05) is 12.1 Å². The molecule has 2 amide bonds. The Morgan fingerprint density at radius 1 is 1.00 bits per heavy atom. The summed E-state index contributed by atoms with van der Waals surface area (Å²) >= 11 is 5.16. The van der Waals surface area contributed by atoms with E-state index in [0.29, 0.717) is 22.8 Å². The fraction of sp³-hybridized carbons (Fsp3) is 0.0500. The van der Waals surface area contributed by atoms with Gasteiger partial charge in [-0.3, -0.25) is 14.9 Å². The summed E-state index contributed by atoms with van der Waals surface area (Å²) in [7, 11) is 0. The lowest BCUT2D eigenvalue weighted by atomic mass is 10.1. The Labute approximate surface area is 166 Å². The van der Waals surface area contributed by atoms with E-state index < -0.39 is 5.91 Å². The summed E-state index contributed by atoms with van der Waals surface area (Å²) < 4.78 is 10.3. The van der Waals surface area contributed by atoms with E-state index in [1.807, 2.05) is 0 Å². The number of carbonyl (C=O) groups excluding carboxylic acids is 2. The molecule has 0 fully saturated rings. The zero-order valence-electron chi connectivity index (χ0n) is 14.7. The molecule has 0 aliphatic rings. The number of para-hydroxylation sites is 1. The number of amides is 2. The minimum atomic E-state index is -0.423. The van der Waals surface area contributed by atoms with Crippen LogP contribution >= 0.6 is 12.2 Å².